The Morgan fingerprint density at radius 1 is 1.69 bits per heavy atom. The molecule has 0 saturated carbocycles. The lowest BCUT2D eigenvalue weighted by Gasteiger charge is -2.09. The average molecular weight is 205 g/mol. The Kier molecular flexibility index (Phi) is 3.37. The van der Waals surface area contributed by atoms with Gasteiger partial charge in [-0.1, -0.05) is 6.08 Å². The van der Waals surface area contributed by atoms with E-state index in [1.165, 1.54) is 12.2 Å². The van der Waals surface area contributed by atoms with Crippen molar-refractivity contribution in [2.75, 3.05) is 0 Å². The van der Waals surface area contributed by atoms with Gasteiger partial charge in [0.25, 0.3) is 0 Å². The minimum atomic E-state index is -1.32. The Balaban J connectivity index is 2.72. The van der Waals surface area contributed by atoms with Crippen molar-refractivity contribution in [2.45, 2.75) is 12.6 Å². The monoisotopic (exact) mass is 204 g/mol. The third kappa shape index (κ3) is 3.51. The van der Waals surface area contributed by atoms with Crippen LogP contribution in [0.25, 0.3) is 0 Å². The van der Waals surface area contributed by atoms with Crippen molar-refractivity contribution in [1.29, 1.82) is 0 Å². The zero-order valence-corrected chi connectivity index (χ0v) is 7.39. The van der Waals surface area contributed by atoms with Crippen LogP contribution in [-0.2, 0) is 4.79 Å². The first kappa shape index (κ1) is 10.1. The molecule has 0 aromatic heterocycles. The number of carbonyl (C=O) groups is 1. The normalized spacial score (nSPS) is 22.8. The van der Waals surface area contributed by atoms with Gasteiger partial charge in [-0.3, -0.25) is 4.79 Å². The maximum absolute atomic E-state index is 12.7. The highest BCUT2D eigenvalue weighted by Crippen LogP contribution is 2.21. The van der Waals surface area contributed by atoms with E-state index in [-0.39, 0.29) is 6.42 Å². The second-order valence-electron chi connectivity index (χ2n) is 2.63. The van der Waals surface area contributed by atoms with Crippen molar-refractivity contribution >= 4 is 16.8 Å². The van der Waals surface area contributed by atoms with Gasteiger partial charge < -0.3 is 0 Å². The Labute approximate surface area is 79.4 Å². The Bertz CT molecular complexity index is 305. The van der Waals surface area contributed by atoms with Crippen molar-refractivity contribution in [2.24, 2.45) is 0 Å². The summed E-state index contributed by atoms with van der Waals surface area (Å²) in [5.74, 6) is -0.625. The van der Waals surface area contributed by atoms with Crippen LogP contribution >= 0.6 is 11.6 Å². The summed E-state index contributed by atoms with van der Waals surface area (Å²) in [6, 6.07) is 0. The summed E-state index contributed by atoms with van der Waals surface area (Å²) in [5, 5.41) is -0.661. The third-order valence-electron chi connectivity index (χ3n) is 1.52. The minimum Gasteiger partial charge on any atom is -0.276 e. The van der Waals surface area contributed by atoms with Crippen LogP contribution in [0.5, 0.6) is 0 Å². The van der Waals surface area contributed by atoms with Crippen molar-refractivity contribution in [3.8, 4) is 0 Å². The SMILES string of the molecule is O=C(Cl)/C=C/C1=CC(F)=CC(F)C1. The smallest absolute Gasteiger partial charge is 0.245 e. The summed E-state index contributed by atoms with van der Waals surface area (Å²) >= 11 is 5.01. The number of halogens is 3. The molecule has 0 radical (unpaired) electrons. The van der Waals surface area contributed by atoms with Crippen LogP contribution in [0.4, 0.5) is 8.78 Å². The van der Waals surface area contributed by atoms with Gasteiger partial charge in [-0.2, -0.15) is 0 Å². The molecular formula is C9H7ClF2O. The van der Waals surface area contributed by atoms with Crippen LogP contribution in [-0.4, -0.2) is 11.4 Å². The molecule has 0 fully saturated rings. The molecule has 1 nitrogen and oxygen atoms in total. The van der Waals surface area contributed by atoms with Crippen molar-refractivity contribution in [3.05, 3.63) is 35.7 Å². The molecule has 0 aliphatic heterocycles. The molecule has 1 unspecified atom stereocenters. The molecule has 0 bridgehead atoms. The number of rotatable bonds is 2. The lowest BCUT2D eigenvalue weighted by atomic mass is 10.0. The lowest BCUT2D eigenvalue weighted by molar-refractivity contribution is -0.107. The maximum Gasteiger partial charge on any atom is 0.245 e. The van der Waals surface area contributed by atoms with Crippen LogP contribution in [0.2, 0.25) is 0 Å². The number of alkyl halides is 1. The van der Waals surface area contributed by atoms with Gasteiger partial charge in [0.15, 0.2) is 0 Å². The van der Waals surface area contributed by atoms with Gasteiger partial charge in [-0.05, 0) is 35.4 Å². The van der Waals surface area contributed by atoms with E-state index in [1.54, 1.807) is 0 Å². The third-order valence-corrected chi connectivity index (χ3v) is 1.65. The topological polar surface area (TPSA) is 17.1 Å². The summed E-state index contributed by atoms with van der Waals surface area (Å²) in [7, 11) is 0. The summed E-state index contributed by atoms with van der Waals surface area (Å²) in [4.78, 5) is 10.3. The molecule has 1 aliphatic carbocycles. The van der Waals surface area contributed by atoms with E-state index in [4.69, 9.17) is 11.6 Å². The molecule has 0 saturated heterocycles. The standard InChI is InChI=1S/C9H7ClF2O/c10-9(13)2-1-6-3-7(11)5-8(12)4-6/h1-3,5,8H,4H2/b2-1+. The molecule has 4 heteroatoms. The number of hydrogen-bond donors (Lipinski definition) is 0. The molecular weight excluding hydrogens is 198 g/mol. The number of allylic oxidation sites excluding steroid dienone is 6. The first-order chi connectivity index (χ1) is 6.08. The van der Waals surface area contributed by atoms with Crippen molar-refractivity contribution in [3.63, 3.8) is 0 Å². The van der Waals surface area contributed by atoms with E-state index in [0.29, 0.717) is 5.57 Å². The summed E-state index contributed by atoms with van der Waals surface area (Å²) in [5.41, 5.74) is 0.418. The highest BCUT2D eigenvalue weighted by molar-refractivity contribution is 6.66. The van der Waals surface area contributed by atoms with Crippen molar-refractivity contribution < 1.29 is 13.6 Å². The van der Waals surface area contributed by atoms with E-state index in [1.807, 2.05) is 0 Å². The summed E-state index contributed by atoms with van der Waals surface area (Å²) in [6.07, 6.45) is 3.20. The van der Waals surface area contributed by atoms with Gasteiger partial charge in [0, 0.05) is 6.42 Å². The minimum absolute atomic E-state index is 0.0775. The Morgan fingerprint density at radius 2 is 2.38 bits per heavy atom. The van der Waals surface area contributed by atoms with Gasteiger partial charge in [0.1, 0.15) is 12.0 Å². The Morgan fingerprint density at radius 3 is 2.92 bits per heavy atom. The Hall–Kier alpha value is -0.960. The molecule has 0 spiro atoms. The number of hydrogen-bond acceptors (Lipinski definition) is 1. The van der Waals surface area contributed by atoms with Crippen LogP contribution in [0.15, 0.2) is 35.7 Å². The first-order valence-corrected chi connectivity index (χ1v) is 4.05. The summed E-state index contributed by atoms with van der Waals surface area (Å²) < 4.78 is 25.3. The number of carbonyl (C=O) groups excluding carboxylic acids is 1. The molecule has 0 amide bonds. The highest BCUT2D eigenvalue weighted by Gasteiger charge is 2.12. The first-order valence-electron chi connectivity index (χ1n) is 3.67. The molecule has 1 atom stereocenters. The molecule has 13 heavy (non-hydrogen) atoms. The highest BCUT2D eigenvalue weighted by atomic mass is 35.5. The predicted octanol–water partition coefficient (Wildman–Crippen LogP) is 2.83. The van der Waals surface area contributed by atoms with Gasteiger partial charge >= 0.3 is 0 Å². The fraction of sp³-hybridized carbons (Fsp3) is 0.222. The van der Waals surface area contributed by atoms with Crippen LogP contribution < -0.4 is 0 Å². The van der Waals surface area contributed by atoms with E-state index >= 15 is 0 Å². The van der Waals surface area contributed by atoms with Crippen LogP contribution in [0.3, 0.4) is 0 Å². The van der Waals surface area contributed by atoms with Crippen molar-refractivity contribution in [1.82, 2.24) is 0 Å². The van der Waals surface area contributed by atoms with E-state index < -0.39 is 17.2 Å². The molecule has 0 N–H and O–H groups in total. The molecule has 0 aromatic rings. The van der Waals surface area contributed by atoms with Gasteiger partial charge in [-0.25, -0.2) is 8.78 Å². The van der Waals surface area contributed by atoms with Crippen LogP contribution in [0.1, 0.15) is 6.42 Å². The van der Waals surface area contributed by atoms with Gasteiger partial charge in [-0.15, -0.1) is 0 Å². The average Bonchev–Trinajstić information content (AvgIpc) is 1.99. The summed E-state index contributed by atoms with van der Waals surface area (Å²) in [6.45, 7) is 0. The largest absolute Gasteiger partial charge is 0.276 e. The van der Waals surface area contributed by atoms with Crippen LogP contribution in [0, 0.1) is 0 Å². The van der Waals surface area contributed by atoms with E-state index in [0.717, 1.165) is 12.2 Å². The fourth-order valence-corrected chi connectivity index (χ4v) is 1.09. The molecule has 70 valence electrons. The second kappa shape index (κ2) is 4.33. The maximum atomic E-state index is 12.7. The molecule has 1 rings (SSSR count). The predicted molar refractivity (Wildman–Crippen MR) is 46.8 cm³/mol. The van der Waals surface area contributed by atoms with E-state index in [9.17, 15) is 13.6 Å². The molecule has 0 heterocycles. The zero-order chi connectivity index (χ0) is 9.84. The second-order valence-corrected chi connectivity index (χ2v) is 3.00. The quantitative estimate of drug-likeness (QED) is 0.499. The molecule has 0 aromatic carbocycles. The van der Waals surface area contributed by atoms with Gasteiger partial charge in [0.2, 0.25) is 5.24 Å². The lowest BCUT2D eigenvalue weighted by Crippen LogP contribution is -2.02. The zero-order valence-electron chi connectivity index (χ0n) is 6.64. The fourth-order valence-electron chi connectivity index (χ4n) is 1.03. The van der Waals surface area contributed by atoms with Gasteiger partial charge in [0.05, 0.1) is 0 Å². The van der Waals surface area contributed by atoms with E-state index in [2.05, 4.69) is 0 Å². The molecule has 1 aliphatic rings.